The normalized spacial score (nSPS) is 15.7. The number of nitrogens with zero attached hydrogens (tertiary/aromatic N) is 6. The van der Waals surface area contributed by atoms with Gasteiger partial charge in [-0.25, -0.2) is 9.48 Å². The lowest BCUT2D eigenvalue weighted by Gasteiger charge is -2.31. The molecule has 1 aliphatic heterocycles. The van der Waals surface area contributed by atoms with E-state index in [1.54, 1.807) is 18.0 Å². The highest BCUT2D eigenvalue weighted by molar-refractivity contribution is 7.13. The quantitative estimate of drug-likeness (QED) is 0.627. The molecule has 0 aliphatic carbocycles. The highest BCUT2D eigenvalue weighted by atomic mass is 32.1. The Morgan fingerprint density at radius 3 is 2.47 bits per heavy atom. The van der Waals surface area contributed by atoms with Crippen LogP contribution in [0.3, 0.4) is 0 Å². The van der Waals surface area contributed by atoms with Crippen molar-refractivity contribution in [2.24, 2.45) is 14.1 Å². The highest BCUT2D eigenvalue weighted by Gasteiger charge is 2.39. The van der Waals surface area contributed by atoms with Gasteiger partial charge in [0.1, 0.15) is 11.4 Å². The molecule has 0 aromatic carbocycles. The number of hydrogen-bond acceptors (Lipinski definition) is 5. The topological polar surface area (TPSA) is 78.0 Å². The molecule has 160 valence electrons. The average molecular weight is 440 g/mol. The van der Waals surface area contributed by atoms with E-state index in [2.05, 4.69) is 10.2 Å². The molecule has 1 aliphatic rings. The van der Waals surface area contributed by atoms with Crippen LogP contribution in [-0.4, -0.2) is 48.0 Å². The summed E-state index contributed by atoms with van der Waals surface area (Å²) in [6.07, 6.45) is -4.01. The number of amides is 1. The fraction of sp³-hybridized carbons (Fsp3) is 0.444. The standard InChI is InChI=1S/C18H19F3N6O2S/c1-24-16(18(19,20)21)23-27(17(24)29)11-5-7-26(8-6-11)15(28)13-10-12(22-25(13)2)14-4-3-9-30-14/h3-4,9-11H,5-8H2,1-2H3. The third kappa shape index (κ3) is 3.55. The predicted molar refractivity (Wildman–Crippen MR) is 103 cm³/mol. The van der Waals surface area contributed by atoms with Gasteiger partial charge in [0.05, 0.1) is 10.9 Å². The van der Waals surface area contributed by atoms with Crippen LogP contribution in [0.4, 0.5) is 13.2 Å². The van der Waals surface area contributed by atoms with Crippen LogP contribution < -0.4 is 5.69 Å². The number of carbonyl (C=O) groups is 1. The Kier molecular flexibility index (Phi) is 5.04. The van der Waals surface area contributed by atoms with Crippen LogP contribution in [0.1, 0.15) is 35.2 Å². The lowest BCUT2D eigenvalue weighted by Crippen LogP contribution is -2.41. The third-order valence-electron chi connectivity index (χ3n) is 5.23. The summed E-state index contributed by atoms with van der Waals surface area (Å²) in [5.41, 5.74) is 0.344. The molecule has 1 amide bonds. The number of halogens is 3. The number of alkyl halides is 3. The number of rotatable bonds is 3. The fourth-order valence-electron chi connectivity index (χ4n) is 3.63. The monoisotopic (exact) mass is 440 g/mol. The number of thiophene rings is 1. The minimum atomic E-state index is -4.70. The van der Waals surface area contributed by atoms with Crippen molar-refractivity contribution in [3.63, 3.8) is 0 Å². The van der Waals surface area contributed by atoms with Gasteiger partial charge >= 0.3 is 11.9 Å². The summed E-state index contributed by atoms with van der Waals surface area (Å²) in [4.78, 5) is 27.7. The molecule has 3 aromatic rings. The van der Waals surface area contributed by atoms with E-state index in [9.17, 15) is 22.8 Å². The maximum absolute atomic E-state index is 13.0. The van der Waals surface area contributed by atoms with Crippen LogP contribution >= 0.6 is 11.3 Å². The molecule has 8 nitrogen and oxygen atoms in total. The van der Waals surface area contributed by atoms with Gasteiger partial charge in [0.15, 0.2) is 0 Å². The molecule has 3 aromatic heterocycles. The molecule has 0 radical (unpaired) electrons. The molecular formula is C18H19F3N6O2S. The summed E-state index contributed by atoms with van der Waals surface area (Å²) in [7, 11) is 2.75. The maximum atomic E-state index is 13.0. The van der Waals surface area contributed by atoms with Crippen LogP contribution in [0.5, 0.6) is 0 Å². The molecule has 1 saturated heterocycles. The molecule has 0 bridgehead atoms. The van der Waals surface area contributed by atoms with E-state index in [4.69, 9.17) is 0 Å². The van der Waals surface area contributed by atoms with E-state index in [-0.39, 0.29) is 5.91 Å². The molecule has 0 unspecified atom stereocenters. The van der Waals surface area contributed by atoms with E-state index in [0.29, 0.717) is 41.9 Å². The Bertz CT molecular complexity index is 1120. The summed E-state index contributed by atoms with van der Waals surface area (Å²) < 4.78 is 42.0. The van der Waals surface area contributed by atoms with Gasteiger partial charge in [-0.15, -0.1) is 16.4 Å². The van der Waals surface area contributed by atoms with Crippen LogP contribution in [0.2, 0.25) is 0 Å². The minimum Gasteiger partial charge on any atom is -0.337 e. The predicted octanol–water partition coefficient (Wildman–Crippen LogP) is 2.54. The van der Waals surface area contributed by atoms with E-state index >= 15 is 0 Å². The largest absolute Gasteiger partial charge is 0.451 e. The molecule has 30 heavy (non-hydrogen) atoms. The first kappa shape index (κ1) is 20.4. The number of carbonyl (C=O) groups excluding carboxylic acids is 1. The van der Waals surface area contributed by atoms with E-state index in [0.717, 1.165) is 16.6 Å². The molecule has 0 atom stereocenters. The smallest absolute Gasteiger partial charge is 0.337 e. The van der Waals surface area contributed by atoms with Gasteiger partial charge in [-0.3, -0.25) is 14.0 Å². The second-order valence-electron chi connectivity index (χ2n) is 7.15. The van der Waals surface area contributed by atoms with Crippen molar-refractivity contribution in [2.75, 3.05) is 13.1 Å². The Hall–Kier alpha value is -2.89. The lowest BCUT2D eigenvalue weighted by atomic mass is 10.0. The second-order valence-corrected chi connectivity index (χ2v) is 8.09. The van der Waals surface area contributed by atoms with Crippen LogP contribution in [0.15, 0.2) is 28.4 Å². The summed E-state index contributed by atoms with van der Waals surface area (Å²) in [6.45, 7) is 0.626. The molecule has 4 heterocycles. The van der Waals surface area contributed by atoms with Crippen LogP contribution in [0.25, 0.3) is 10.6 Å². The first-order valence-corrected chi connectivity index (χ1v) is 10.1. The lowest BCUT2D eigenvalue weighted by molar-refractivity contribution is -0.147. The van der Waals surface area contributed by atoms with E-state index in [1.807, 2.05) is 17.5 Å². The molecule has 4 rings (SSSR count). The third-order valence-corrected chi connectivity index (χ3v) is 6.12. The number of likely N-dealkylation sites (tertiary alicyclic amines) is 1. The molecule has 1 fully saturated rings. The van der Waals surface area contributed by atoms with Gasteiger partial charge in [-0.2, -0.15) is 18.3 Å². The number of hydrogen-bond donors (Lipinski definition) is 0. The SMILES string of the molecule is Cn1nc(-c2cccs2)cc1C(=O)N1CCC(n2nc(C(F)(F)F)n(C)c2=O)CC1. The van der Waals surface area contributed by atoms with Crippen molar-refractivity contribution in [1.29, 1.82) is 0 Å². The van der Waals surface area contributed by atoms with Crippen molar-refractivity contribution < 1.29 is 18.0 Å². The molecule has 0 spiro atoms. The Morgan fingerprint density at radius 2 is 1.90 bits per heavy atom. The number of aromatic nitrogens is 5. The average Bonchev–Trinajstić information content (AvgIpc) is 3.42. The summed E-state index contributed by atoms with van der Waals surface area (Å²) in [5, 5.41) is 9.83. The fourth-order valence-corrected chi connectivity index (χ4v) is 4.31. The molecule has 12 heteroatoms. The number of piperidine rings is 1. The van der Waals surface area contributed by atoms with Crippen molar-refractivity contribution in [2.45, 2.75) is 25.1 Å². The first-order valence-electron chi connectivity index (χ1n) is 9.26. The van der Waals surface area contributed by atoms with Gasteiger partial charge in [-0.1, -0.05) is 6.07 Å². The van der Waals surface area contributed by atoms with Crippen molar-refractivity contribution in [3.8, 4) is 10.6 Å². The minimum absolute atomic E-state index is 0.199. The van der Waals surface area contributed by atoms with Crippen molar-refractivity contribution >= 4 is 17.2 Å². The summed E-state index contributed by atoms with van der Waals surface area (Å²) in [6, 6.07) is 5.08. The van der Waals surface area contributed by atoms with Gasteiger partial charge < -0.3 is 4.90 Å². The van der Waals surface area contributed by atoms with Crippen LogP contribution in [-0.2, 0) is 20.3 Å². The maximum Gasteiger partial charge on any atom is 0.451 e. The van der Waals surface area contributed by atoms with Crippen molar-refractivity contribution in [3.05, 3.63) is 45.6 Å². The van der Waals surface area contributed by atoms with Crippen LogP contribution in [0, 0.1) is 0 Å². The number of aryl methyl sites for hydroxylation is 1. The van der Waals surface area contributed by atoms with Gasteiger partial charge in [-0.05, 0) is 30.4 Å². The highest BCUT2D eigenvalue weighted by Crippen LogP contribution is 2.29. The molecular weight excluding hydrogens is 421 g/mol. The van der Waals surface area contributed by atoms with E-state index in [1.165, 1.54) is 16.0 Å². The van der Waals surface area contributed by atoms with Crippen molar-refractivity contribution in [1.82, 2.24) is 29.0 Å². The Morgan fingerprint density at radius 1 is 1.20 bits per heavy atom. The zero-order chi connectivity index (χ0) is 21.6. The van der Waals surface area contributed by atoms with Gasteiger partial charge in [0.2, 0.25) is 5.82 Å². The zero-order valence-corrected chi connectivity index (χ0v) is 17.1. The first-order chi connectivity index (χ1) is 14.2. The molecule has 0 N–H and O–H groups in total. The summed E-state index contributed by atoms with van der Waals surface area (Å²) >= 11 is 1.53. The second kappa shape index (κ2) is 7.42. The summed E-state index contributed by atoms with van der Waals surface area (Å²) in [5.74, 6) is -1.42. The zero-order valence-electron chi connectivity index (χ0n) is 16.3. The van der Waals surface area contributed by atoms with Gasteiger partial charge in [0.25, 0.3) is 5.91 Å². The molecule has 0 saturated carbocycles. The Balaban J connectivity index is 1.48. The van der Waals surface area contributed by atoms with Gasteiger partial charge in [0, 0.05) is 27.2 Å². The van der Waals surface area contributed by atoms with E-state index < -0.39 is 23.7 Å². The Labute approximate surface area is 173 Å².